The number of methoxy groups -OCH3 is 2. The molecule has 1 aliphatic rings. The minimum Gasteiger partial charge on any atom is -0.497 e. The zero-order valence-corrected chi connectivity index (χ0v) is 19.0. The second-order valence-electron chi connectivity index (χ2n) is 8.04. The fourth-order valence-electron chi connectivity index (χ4n) is 4.02. The van der Waals surface area contributed by atoms with Crippen LogP contribution in [-0.2, 0) is 19.5 Å². The summed E-state index contributed by atoms with van der Waals surface area (Å²) in [5, 5.41) is 11.7. The van der Waals surface area contributed by atoms with E-state index in [0.717, 1.165) is 12.4 Å². The van der Waals surface area contributed by atoms with Crippen molar-refractivity contribution in [3.63, 3.8) is 0 Å². The van der Waals surface area contributed by atoms with Crippen LogP contribution in [0.25, 0.3) is 0 Å². The summed E-state index contributed by atoms with van der Waals surface area (Å²) in [4.78, 5) is 14.9. The molecule has 174 valence electrons. The van der Waals surface area contributed by atoms with Crippen LogP contribution in [0.15, 0.2) is 42.5 Å². The Labute approximate surface area is 192 Å². The summed E-state index contributed by atoms with van der Waals surface area (Å²) in [6.45, 7) is 4.48. The number of rotatable bonds is 7. The highest BCUT2D eigenvalue weighted by Gasteiger charge is 2.23. The van der Waals surface area contributed by atoms with Gasteiger partial charge in [-0.25, -0.2) is 4.39 Å². The molecule has 1 aromatic heterocycles. The molecule has 8 nitrogen and oxygen atoms in total. The van der Waals surface area contributed by atoms with Gasteiger partial charge in [-0.3, -0.25) is 9.69 Å². The fourth-order valence-corrected chi connectivity index (χ4v) is 4.02. The number of aromatic nitrogens is 3. The van der Waals surface area contributed by atoms with E-state index in [2.05, 4.69) is 25.0 Å². The van der Waals surface area contributed by atoms with E-state index in [4.69, 9.17) is 9.47 Å². The molecule has 0 spiro atoms. The number of nitrogens with zero attached hydrogens (tertiary/aromatic N) is 4. The highest BCUT2D eigenvalue weighted by molar-refractivity contribution is 5.94. The molecule has 1 atom stereocenters. The number of carbonyl (C=O) groups is 1. The van der Waals surface area contributed by atoms with E-state index in [1.165, 1.54) is 6.07 Å². The summed E-state index contributed by atoms with van der Waals surface area (Å²) in [7, 11) is 3.14. The molecule has 2 aromatic carbocycles. The third-order valence-electron chi connectivity index (χ3n) is 5.86. The molecule has 0 fully saturated rings. The van der Waals surface area contributed by atoms with Gasteiger partial charge in [0.1, 0.15) is 23.1 Å². The smallest absolute Gasteiger partial charge is 0.251 e. The van der Waals surface area contributed by atoms with Gasteiger partial charge in [-0.15, -0.1) is 10.2 Å². The van der Waals surface area contributed by atoms with E-state index in [1.54, 1.807) is 50.6 Å². The average molecular weight is 454 g/mol. The van der Waals surface area contributed by atoms with E-state index in [9.17, 15) is 9.18 Å². The third-order valence-corrected chi connectivity index (χ3v) is 5.86. The minimum atomic E-state index is -0.327. The Balaban J connectivity index is 1.43. The van der Waals surface area contributed by atoms with Gasteiger partial charge in [0, 0.05) is 43.7 Å². The molecule has 3 aromatic rings. The van der Waals surface area contributed by atoms with Gasteiger partial charge in [0.05, 0.1) is 20.3 Å². The van der Waals surface area contributed by atoms with Gasteiger partial charge in [0.25, 0.3) is 5.91 Å². The van der Waals surface area contributed by atoms with Gasteiger partial charge in [-0.05, 0) is 43.3 Å². The Morgan fingerprint density at radius 3 is 2.67 bits per heavy atom. The van der Waals surface area contributed by atoms with Crippen molar-refractivity contribution in [2.75, 3.05) is 27.3 Å². The molecule has 1 unspecified atom stereocenters. The lowest BCUT2D eigenvalue weighted by atomic mass is 10.2. The normalized spacial score (nSPS) is 14.8. The molecule has 0 saturated heterocycles. The summed E-state index contributed by atoms with van der Waals surface area (Å²) in [6, 6.07) is 11.5. The number of hydrogen-bond donors (Lipinski definition) is 1. The van der Waals surface area contributed by atoms with Crippen LogP contribution in [0.5, 0.6) is 11.5 Å². The first kappa shape index (κ1) is 22.7. The summed E-state index contributed by atoms with van der Waals surface area (Å²) in [5.41, 5.74) is 1.12. The molecule has 0 radical (unpaired) electrons. The Morgan fingerprint density at radius 1 is 1.09 bits per heavy atom. The van der Waals surface area contributed by atoms with E-state index < -0.39 is 0 Å². The van der Waals surface area contributed by atoms with Crippen LogP contribution in [0.1, 0.15) is 40.5 Å². The van der Waals surface area contributed by atoms with Crippen molar-refractivity contribution in [3.05, 3.63) is 71.1 Å². The maximum atomic E-state index is 14.3. The summed E-state index contributed by atoms with van der Waals surface area (Å²) >= 11 is 0. The van der Waals surface area contributed by atoms with E-state index >= 15 is 0 Å². The van der Waals surface area contributed by atoms with E-state index in [0.29, 0.717) is 54.5 Å². The number of hydrogen-bond acceptors (Lipinski definition) is 6. The van der Waals surface area contributed by atoms with Gasteiger partial charge in [-0.1, -0.05) is 6.07 Å². The molecule has 0 saturated carbocycles. The molecule has 0 aliphatic carbocycles. The first-order chi connectivity index (χ1) is 16.0. The zero-order chi connectivity index (χ0) is 23.4. The lowest BCUT2D eigenvalue weighted by Gasteiger charge is -2.21. The van der Waals surface area contributed by atoms with E-state index in [1.807, 2.05) is 6.92 Å². The van der Waals surface area contributed by atoms with Crippen molar-refractivity contribution in [1.29, 1.82) is 0 Å². The largest absolute Gasteiger partial charge is 0.497 e. The van der Waals surface area contributed by atoms with Crippen LogP contribution in [0.2, 0.25) is 0 Å². The lowest BCUT2D eigenvalue weighted by molar-refractivity contribution is 0.0937. The van der Waals surface area contributed by atoms with Gasteiger partial charge in [0.2, 0.25) is 0 Å². The zero-order valence-electron chi connectivity index (χ0n) is 19.0. The van der Waals surface area contributed by atoms with Crippen LogP contribution < -0.4 is 14.8 Å². The number of ether oxygens (including phenoxy) is 2. The predicted molar refractivity (Wildman–Crippen MR) is 121 cm³/mol. The van der Waals surface area contributed by atoms with Crippen molar-refractivity contribution in [3.8, 4) is 11.5 Å². The lowest BCUT2D eigenvalue weighted by Crippen LogP contribution is -2.30. The number of fused-ring (bicyclic) bond motifs is 1. The van der Waals surface area contributed by atoms with Gasteiger partial charge < -0.3 is 19.4 Å². The van der Waals surface area contributed by atoms with Crippen LogP contribution in [-0.4, -0.2) is 52.9 Å². The average Bonchev–Trinajstić information content (AvgIpc) is 3.14. The van der Waals surface area contributed by atoms with Crippen LogP contribution >= 0.6 is 0 Å². The summed E-state index contributed by atoms with van der Waals surface area (Å²) in [5.74, 6) is 2.38. The van der Waals surface area contributed by atoms with Crippen LogP contribution in [0.4, 0.5) is 4.39 Å². The molecular weight excluding hydrogens is 425 g/mol. The highest BCUT2D eigenvalue weighted by Crippen LogP contribution is 2.21. The SMILES string of the molecule is COc1cccc(C(=O)NC(C)c2nnc3n2CCN(Cc2cc(OC)ccc2F)CC3)c1. The van der Waals surface area contributed by atoms with E-state index in [-0.39, 0.29) is 17.8 Å². The number of benzene rings is 2. The molecular formula is C24H28FN5O3. The molecule has 0 bridgehead atoms. The second-order valence-corrected chi connectivity index (χ2v) is 8.04. The Bertz CT molecular complexity index is 1130. The number of carbonyl (C=O) groups excluding carboxylic acids is 1. The highest BCUT2D eigenvalue weighted by atomic mass is 19.1. The second kappa shape index (κ2) is 9.99. The first-order valence-electron chi connectivity index (χ1n) is 10.9. The minimum absolute atomic E-state index is 0.206. The Hall–Kier alpha value is -3.46. The third kappa shape index (κ3) is 5.14. The summed E-state index contributed by atoms with van der Waals surface area (Å²) < 4.78 is 26.8. The van der Waals surface area contributed by atoms with Crippen molar-refractivity contribution < 1.29 is 18.7 Å². The number of halogens is 1. The monoisotopic (exact) mass is 453 g/mol. The molecule has 4 rings (SSSR count). The number of nitrogens with one attached hydrogen (secondary N) is 1. The van der Waals surface area contributed by atoms with Gasteiger partial charge in [0.15, 0.2) is 5.82 Å². The maximum absolute atomic E-state index is 14.3. The summed E-state index contributed by atoms with van der Waals surface area (Å²) in [6.07, 6.45) is 0.690. The standard InChI is InChI=1S/C24H28FN5O3/c1-16(26-24(31)17-5-4-6-19(13-17)32-2)23-28-27-22-9-10-29(11-12-30(22)23)15-18-14-20(33-3)7-8-21(18)25/h4-8,13-14,16H,9-12,15H2,1-3H3,(H,26,31). The Morgan fingerprint density at radius 2 is 1.88 bits per heavy atom. The molecule has 1 amide bonds. The predicted octanol–water partition coefficient (Wildman–Crippen LogP) is 2.98. The Kier molecular flexibility index (Phi) is 6.88. The quantitative estimate of drug-likeness (QED) is 0.592. The van der Waals surface area contributed by atoms with Crippen LogP contribution in [0, 0.1) is 5.82 Å². The molecule has 9 heteroatoms. The maximum Gasteiger partial charge on any atom is 0.251 e. The van der Waals surface area contributed by atoms with Crippen LogP contribution in [0.3, 0.4) is 0 Å². The van der Waals surface area contributed by atoms with Crippen molar-refractivity contribution in [2.45, 2.75) is 32.5 Å². The van der Waals surface area contributed by atoms with Crippen molar-refractivity contribution >= 4 is 5.91 Å². The van der Waals surface area contributed by atoms with Gasteiger partial charge in [-0.2, -0.15) is 0 Å². The number of amides is 1. The fraction of sp³-hybridized carbons (Fsp3) is 0.375. The molecule has 2 heterocycles. The molecule has 1 aliphatic heterocycles. The van der Waals surface area contributed by atoms with Gasteiger partial charge >= 0.3 is 0 Å². The topological polar surface area (TPSA) is 81.5 Å². The first-order valence-corrected chi connectivity index (χ1v) is 10.9. The molecule has 33 heavy (non-hydrogen) atoms. The molecule has 1 N–H and O–H groups in total. The van der Waals surface area contributed by atoms with Crippen molar-refractivity contribution in [1.82, 2.24) is 25.0 Å². The van der Waals surface area contributed by atoms with Crippen molar-refractivity contribution in [2.24, 2.45) is 0 Å².